The highest BCUT2D eigenvalue weighted by atomic mass is 79.9. The first-order valence-electron chi connectivity index (χ1n) is 17.1. The molecule has 2 saturated heterocycles. The summed E-state index contributed by atoms with van der Waals surface area (Å²) in [6, 6.07) is 34.9. The highest BCUT2D eigenvalue weighted by molar-refractivity contribution is 9.15. The van der Waals surface area contributed by atoms with E-state index >= 15 is 0 Å². The molecule has 4 aromatic rings. The maximum atomic E-state index is 11.9. The van der Waals surface area contributed by atoms with Crippen molar-refractivity contribution in [3.8, 4) is 0 Å². The van der Waals surface area contributed by atoms with E-state index < -0.39 is 10.0 Å². The molecule has 2 heterocycles. The van der Waals surface area contributed by atoms with Crippen molar-refractivity contribution >= 4 is 63.0 Å². The summed E-state index contributed by atoms with van der Waals surface area (Å²) in [5.41, 5.74) is 10.8. The van der Waals surface area contributed by atoms with Gasteiger partial charge in [0.25, 0.3) is 0 Å². The van der Waals surface area contributed by atoms with Crippen molar-refractivity contribution in [1.29, 1.82) is 0 Å². The van der Waals surface area contributed by atoms with Crippen LogP contribution in [0.25, 0.3) is 21.1 Å². The van der Waals surface area contributed by atoms with Crippen molar-refractivity contribution in [2.75, 3.05) is 32.4 Å². The molecular weight excluding hydrogens is 744 g/mol. The molecule has 0 spiro atoms. The van der Waals surface area contributed by atoms with Gasteiger partial charge in [0.05, 0.1) is 6.26 Å². The lowest BCUT2D eigenvalue weighted by Crippen LogP contribution is -2.39. The predicted molar refractivity (Wildman–Crippen MR) is 208 cm³/mol. The monoisotopic (exact) mass is 784 g/mol. The first-order valence-corrected chi connectivity index (χ1v) is 20.5. The number of rotatable bonds is 3. The highest BCUT2D eigenvalue weighted by Crippen LogP contribution is 2.47. The van der Waals surface area contributed by atoms with Gasteiger partial charge in [-0.05, 0) is 107 Å². The van der Waals surface area contributed by atoms with Crippen molar-refractivity contribution in [3.05, 3.63) is 142 Å². The third-order valence-electron chi connectivity index (χ3n) is 10.6. The summed E-state index contributed by atoms with van der Waals surface area (Å²) in [5, 5.41) is 3.50. The summed E-state index contributed by atoms with van der Waals surface area (Å²) in [6.07, 6.45) is 10.1. The standard InChI is InChI=1S/C21H22BrNO2S.C20H20BrN/c1-26(24,25)23-12-10-15(11-13-23)21-17-7-3-2-6-16(17)14-20(22)18-8-4-5-9-19(18)21;21-19-13-15-5-1-2-6-16(15)20(14-9-11-22-12-10-14)18-8-4-3-7-17(18)19/h2-9,14-15,21H,10-13H2,1H3;1-8,13-14,20,22H,9-12H2. The van der Waals surface area contributed by atoms with Crippen molar-refractivity contribution in [2.45, 2.75) is 37.5 Å². The molecule has 4 aromatic carbocycles. The largest absolute Gasteiger partial charge is 0.317 e. The van der Waals surface area contributed by atoms with E-state index in [1.165, 1.54) is 68.1 Å². The van der Waals surface area contributed by atoms with Crippen molar-refractivity contribution in [2.24, 2.45) is 11.8 Å². The molecule has 248 valence electrons. The molecule has 48 heavy (non-hydrogen) atoms. The van der Waals surface area contributed by atoms with Gasteiger partial charge in [0.2, 0.25) is 10.0 Å². The minimum atomic E-state index is -3.10. The van der Waals surface area contributed by atoms with Crippen LogP contribution in [0.15, 0.2) is 97.1 Å². The number of halogens is 2. The molecule has 2 unspecified atom stereocenters. The first-order chi connectivity index (χ1) is 23.3. The predicted octanol–water partition coefficient (Wildman–Crippen LogP) is 9.72. The van der Waals surface area contributed by atoms with Crippen LogP contribution in [0, 0.1) is 11.8 Å². The van der Waals surface area contributed by atoms with E-state index in [0.29, 0.717) is 24.9 Å². The SMILES string of the molecule is BrC1=Cc2ccccc2C(C2CCNCC2)c2ccccc21.CS(=O)(=O)N1CCC(C2c3ccccc3C=C(Br)c3ccccc32)CC1. The Labute approximate surface area is 302 Å². The molecule has 8 rings (SSSR count). The van der Waals surface area contributed by atoms with Crippen molar-refractivity contribution < 1.29 is 8.42 Å². The Hall–Kier alpha value is -2.81. The van der Waals surface area contributed by atoms with E-state index in [1.807, 2.05) is 0 Å². The minimum absolute atomic E-state index is 0.287. The number of nitrogens with one attached hydrogen (secondary N) is 1. The van der Waals surface area contributed by atoms with Gasteiger partial charge < -0.3 is 5.32 Å². The lowest BCUT2D eigenvalue weighted by atomic mass is 9.75. The van der Waals surface area contributed by atoms with E-state index in [4.69, 9.17) is 0 Å². The molecule has 1 N–H and O–H groups in total. The highest BCUT2D eigenvalue weighted by Gasteiger charge is 2.35. The Kier molecular flexibility index (Phi) is 10.2. The van der Waals surface area contributed by atoms with Crippen LogP contribution in [0.5, 0.6) is 0 Å². The second kappa shape index (κ2) is 14.6. The number of piperidine rings is 2. The Balaban J connectivity index is 0.000000154. The van der Waals surface area contributed by atoms with Crippen LogP contribution < -0.4 is 5.32 Å². The van der Waals surface area contributed by atoms with Crippen molar-refractivity contribution in [1.82, 2.24) is 9.62 Å². The molecule has 0 amide bonds. The second-order valence-electron chi connectivity index (χ2n) is 13.5. The number of fused-ring (bicyclic) bond motifs is 4. The average molecular weight is 787 g/mol. The van der Waals surface area contributed by atoms with E-state index in [-0.39, 0.29) is 5.92 Å². The summed E-state index contributed by atoms with van der Waals surface area (Å²) >= 11 is 7.57. The topological polar surface area (TPSA) is 49.4 Å². The molecule has 2 fully saturated rings. The lowest BCUT2D eigenvalue weighted by molar-refractivity contribution is 0.257. The van der Waals surface area contributed by atoms with Gasteiger partial charge in [-0.3, -0.25) is 0 Å². The van der Waals surface area contributed by atoms with E-state index in [1.54, 1.807) is 4.31 Å². The molecule has 0 aromatic heterocycles. The van der Waals surface area contributed by atoms with Crippen LogP contribution >= 0.6 is 31.9 Å². The van der Waals surface area contributed by atoms with Crippen LogP contribution in [0.1, 0.15) is 82.0 Å². The minimum Gasteiger partial charge on any atom is -0.317 e. The third-order valence-corrected chi connectivity index (χ3v) is 13.2. The Morgan fingerprint density at radius 3 is 1.44 bits per heavy atom. The summed E-state index contributed by atoms with van der Waals surface area (Å²) in [4.78, 5) is 0. The normalized spacial score (nSPS) is 21.5. The van der Waals surface area contributed by atoms with Crippen LogP contribution in [-0.4, -0.2) is 45.2 Å². The molecule has 4 nitrogen and oxygen atoms in total. The summed E-state index contributed by atoms with van der Waals surface area (Å²) in [7, 11) is -3.10. The zero-order valence-corrected chi connectivity index (χ0v) is 31.3. The van der Waals surface area contributed by atoms with Gasteiger partial charge >= 0.3 is 0 Å². The maximum Gasteiger partial charge on any atom is 0.211 e. The van der Waals surface area contributed by atoms with Gasteiger partial charge in [-0.2, -0.15) is 0 Å². The fraction of sp³-hybridized carbons (Fsp3) is 0.317. The van der Waals surface area contributed by atoms with Crippen LogP contribution in [-0.2, 0) is 10.0 Å². The van der Waals surface area contributed by atoms with Crippen LogP contribution in [0.3, 0.4) is 0 Å². The van der Waals surface area contributed by atoms with Crippen LogP contribution in [0.4, 0.5) is 0 Å². The molecule has 4 aliphatic rings. The van der Waals surface area contributed by atoms with Gasteiger partial charge in [-0.15, -0.1) is 0 Å². The number of benzene rings is 4. The summed E-state index contributed by atoms with van der Waals surface area (Å²) in [5.74, 6) is 1.94. The zero-order valence-electron chi connectivity index (χ0n) is 27.3. The Bertz CT molecular complexity index is 1960. The molecule has 0 saturated carbocycles. The van der Waals surface area contributed by atoms with Gasteiger partial charge in [-0.1, -0.05) is 129 Å². The molecule has 0 radical (unpaired) electrons. The maximum absolute atomic E-state index is 11.9. The van der Waals surface area contributed by atoms with E-state index in [0.717, 1.165) is 36.3 Å². The van der Waals surface area contributed by atoms with Gasteiger partial charge in [0.15, 0.2) is 0 Å². The smallest absolute Gasteiger partial charge is 0.211 e. The Morgan fingerprint density at radius 1 is 0.583 bits per heavy atom. The number of hydrogen-bond acceptors (Lipinski definition) is 3. The molecule has 7 heteroatoms. The molecule has 0 bridgehead atoms. The number of sulfonamides is 1. The summed E-state index contributed by atoms with van der Waals surface area (Å²) < 4.78 is 27.7. The van der Waals surface area contributed by atoms with E-state index in [9.17, 15) is 8.42 Å². The summed E-state index contributed by atoms with van der Waals surface area (Å²) in [6.45, 7) is 3.50. The quantitative estimate of drug-likeness (QED) is 0.225. The fourth-order valence-corrected chi connectivity index (χ4v) is 10.4. The second-order valence-corrected chi connectivity index (χ2v) is 17.2. The van der Waals surface area contributed by atoms with E-state index in [2.05, 4.69) is 146 Å². The molecule has 2 atom stereocenters. The number of nitrogens with zero attached hydrogens (tertiary/aromatic N) is 1. The Morgan fingerprint density at radius 2 is 0.979 bits per heavy atom. The van der Waals surface area contributed by atoms with Crippen molar-refractivity contribution in [3.63, 3.8) is 0 Å². The van der Waals surface area contributed by atoms with Gasteiger partial charge in [-0.25, -0.2) is 12.7 Å². The van der Waals surface area contributed by atoms with Gasteiger partial charge in [0.1, 0.15) is 0 Å². The molecular formula is C41H42Br2N2O2S. The molecule has 2 aliphatic heterocycles. The fourth-order valence-electron chi connectivity index (χ4n) is 8.32. The molecule has 2 aliphatic carbocycles. The lowest BCUT2D eigenvalue weighted by Gasteiger charge is -2.36. The average Bonchev–Trinajstić information content (AvgIpc) is 3.32. The first kappa shape index (κ1) is 33.7. The third kappa shape index (κ3) is 6.95. The van der Waals surface area contributed by atoms with Crippen LogP contribution in [0.2, 0.25) is 0 Å². The zero-order chi connectivity index (χ0) is 33.3. The van der Waals surface area contributed by atoms with Gasteiger partial charge in [0, 0.05) is 33.9 Å². The number of hydrogen-bond donors (Lipinski definition) is 1.